The average molecular weight is 186 g/mol. The van der Waals surface area contributed by atoms with E-state index in [1.54, 1.807) is 0 Å². The standard InChI is InChI=1S/C8H18N4O/c9-7(8(10)13)6-12-4-1-2-11-3-5-12/h7,11H,1-6,9H2,(H2,10,13). The highest BCUT2D eigenvalue weighted by atomic mass is 16.1. The van der Waals surface area contributed by atoms with Crippen molar-refractivity contribution >= 4 is 5.91 Å². The summed E-state index contributed by atoms with van der Waals surface area (Å²) >= 11 is 0. The second-order valence-electron chi connectivity index (χ2n) is 3.41. The highest BCUT2D eigenvalue weighted by Crippen LogP contribution is 1.95. The number of carbonyl (C=O) groups is 1. The molecule has 0 bridgehead atoms. The zero-order chi connectivity index (χ0) is 9.68. The van der Waals surface area contributed by atoms with Gasteiger partial charge in [0, 0.05) is 19.6 Å². The van der Waals surface area contributed by atoms with Crippen LogP contribution in [0.25, 0.3) is 0 Å². The maximum Gasteiger partial charge on any atom is 0.235 e. The van der Waals surface area contributed by atoms with Crippen molar-refractivity contribution < 1.29 is 4.79 Å². The van der Waals surface area contributed by atoms with Crippen LogP contribution in [0, 0.1) is 0 Å². The van der Waals surface area contributed by atoms with Crippen molar-refractivity contribution in [3.63, 3.8) is 0 Å². The lowest BCUT2D eigenvalue weighted by Gasteiger charge is -2.21. The number of nitrogens with one attached hydrogen (secondary N) is 1. The highest BCUT2D eigenvalue weighted by molar-refractivity contribution is 5.79. The molecule has 76 valence electrons. The molecule has 5 heteroatoms. The number of rotatable bonds is 3. The summed E-state index contributed by atoms with van der Waals surface area (Å²) in [6, 6.07) is -0.530. The van der Waals surface area contributed by atoms with E-state index < -0.39 is 11.9 Å². The first-order valence-electron chi connectivity index (χ1n) is 4.68. The molecular weight excluding hydrogens is 168 g/mol. The Morgan fingerprint density at radius 2 is 2.23 bits per heavy atom. The summed E-state index contributed by atoms with van der Waals surface area (Å²) in [5.41, 5.74) is 10.6. The number of primary amides is 1. The van der Waals surface area contributed by atoms with Crippen LogP contribution in [0.1, 0.15) is 6.42 Å². The van der Waals surface area contributed by atoms with Gasteiger partial charge in [-0.05, 0) is 19.5 Å². The second kappa shape index (κ2) is 5.16. The van der Waals surface area contributed by atoms with E-state index in [0.29, 0.717) is 6.54 Å². The molecule has 1 fully saturated rings. The summed E-state index contributed by atoms with van der Waals surface area (Å²) in [6.45, 7) is 4.53. The third-order valence-electron chi connectivity index (χ3n) is 2.25. The lowest BCUT2D eigenvalue weighted by Crippen LogP contribution is -2.46. The zero-order valence-corrected chi connectivity index (χ0v) is 7.83. The molecule has 0 spiro atoms. The third-order valence-corrected chi connectivity index (χ3v) is 2.25. The second-order valence-corrected chi connectivity index (χ2v) is 3.41. The largest absolute Gasteiger partial charge is 0.368 e. The molecule has 1 atom stereocenters. The lowest BCUT2D eigenvalue weighted by molar-refractivity contribution is -0.119. The first kappa shape index (κ1) is 10.4. The van der Waals surface area contributed by atoms with Gasteiger partial charge in [0.25, 0.3) is 0 Å². The van der Waals surface area contributed by atoms with Gasteiger partial charge in [0.1, 0.15) is 0 Å². The van der Waals surface area contributed by atoms with E-state index in [4.69, 9.17) is 11.5 Å². The van der Waals surface area contributed by atoms with Crippen LogP contribution in [0.2, 0.25) is 0 Å². The van der Waals surface area contributed by atoms with Crippen LogP contribution in [-0.4, -0.2) is 49.6 Å². The van der Waals surface area contributed by atoms with Gasteiger partial charge in [0.05, 0.1) is 6.04 Å². The molecule has 1 saturated heterocycles. The van der Waals surface area contributed by atoms with E-state index in [9.17, 15) is 4.79 Å². The van der Waals surface area contributed by atoms with E-state index in [0.717, 1.165) is 32.6 Å². The van der Waals surface area contributed by atoms with E-state index in [-0.39, 0.29) is 0 Å². The minimum Gasteiger partial charge on any atom is -0.368 e. The van der Waals surface area contributed by atoms with Gasteiger partial charge in [-0.3, -0.25) is 9.69 Å². The molecule has 0 saturated carbocycles. The molecule has 13 heavy (non-hydrogen) atoms. The van der Waals surface area contributed by atoms with Crippen molar-refractivity contribution in [2.24, 2.45) is 11.5 Å². The van der Waals surface area contributed by atoms with Crippen LogP contribution in [0.4, 0.5) is 0 Å². The number of carbonyl (C=O) groups excluding carboxylic acids is 1. The van der Waals surface area contributed by atoms with E-state index >= 15 is 0 Å². The number of hydrogen-bond acceptors (Lipinski definition) is 4. The van der Waals surface area contributed by atoms with Crippen molar-refractivity contribution in [1.29, 1.82) is 0 Å². The van der Waals surface area contributed by atoms with Gasteiger partial charge >= 0.3 is 0 Å². The summed E-state index contributed by atoms with van der Waals surface area (Å²) in [6.07, 6.45) is 1.10. The van der Waals surface area contributed by atoms with Crippen molar-refractivity contribution in [3.05, 3.63) is 0 Å². The van der Waals surface area contributed by atoms with Gasteiger partial charge in [0.15, 0.2) is 0 Å². The van der Waals surface area contributed by atoms with E-state index in [1.165, 1.54) is 0 Å². The highest BCUT2D eigenvalue weighted by Gasteiger charge is 2.15. The first-order chi connectivity index (χ1) is 6.20. The SMILES string of the molecule is NC(=O)C(N)CN1CCCNCC1. The molecule has 1 aliphatic rings. The summed E-state index contributed by atoms with van der Waals surface area (Å²) in [5.74, 6) is -0.419. The molecule has 0 radical (unpaired) electrons. The molecule has 1 unspecified atom stereocenters. The quantitative estimate of drug-likeness (QED) is 0.480. The number of hydrogen-bond donors (Lipinski definition) is 3. The first-order valence-corrected chi connectivity index (χ1v) is 4.68. The van der Waals surface area contributed by atoms with E-state index in [1.807, 2.05) is 0 Å². The fourth-order valence-electron chi connectivity index (χ4n) is 1.45. The fourth-order valence-corrected chi connectivity index (χ4v) is 1.45. The lowest BCUT2D eigenvalue weighted by atomic mass is 10.2. The Morgan fingerprint density at radius 3 is 2.92 bits per heavy atom. The van der Waals surface area contributed by atoms with E-state index in [2.05, 4.69) is 10.2 Å². The third kappa shape index (κ3) is 3.71. The normalized spacial score (nSPS) is 22.2. The van der Waals surface area contributed by atoms with Crippen molar-refractivity contribution in [2.75, 3.05) is 32.7 Å². The Hall–Kier alpha value is -0.650. The van der Waals surface area contributed by atoms with Crippen LogP contribution in [-0.2, 0) is 4.79 Å². The molecule has 5 N–H and O–H groups in total. The summed E-state index contributed by atoms with van der Waals surface area (Å²) in [5, 5.41) is 3.28. The topological polar surface area (TPSA) is 84.4 Å². The molecule has 1 aliphatic heterocycles. The molecule has 5 nitrogen and oxygen atoms in total. The molecule has 1 amide bonds. The van der Waals surface area contributed by atoms with Crippen molar-refractivity contribution in [1.82, 2.24) is 10.2 Å². The Morgan fingerprint density at radius 1 is 1.46 bits per heavy atom. The Balaban J connectivity index is 2.29. The number of amides is 1. The number of nitrogens with zero attached hydrogens (tertiary/aromatic N) is 1. The van der Waals surface area contributed by atoms with Gasteiger partial charge < -0.3 is 16.8 Å². The number of nitrogens with two attached hydrogens (primary N) is 2. The van der Waals surface area contributed by atoms with Crippen LogP contribution in [0.15, 0.2) is 0 Å². The van der Waals surface area contributed by atoms with Gasteiger partial charge in [0.2, 0.25) is 5.91 Å². The molecule has 0 aromatic carbocycles. The monoisotopic (exact) mass is 186 g/mol. The predicted molar refractivity (Wildman–Crippen MR) is 51.1 cm³/mol. The molecular formula is C8H18N4O. The van der Waals surface area contributed by atoms with Gasteiger partial charge in [-0.25, -0.2) is 0 Å². The van der Waals surface area contributed by atoms with Crippen LogP contribution in [0.5, 0.6) is 0 Å². The summed E-state index contributed by atoms with van der Waals surface area (Å²) in [4.78, 5) is 12.9. The Kier molecular flexibility index (Phi) is 4.14. The van der Waals surface area contributed by atoms with Gasteiger partial charge in [-0.1, -0.05) is 0 Å². The minimum atomic E-state index is -0.530. The maximum atomic E-state index is 10.7. The maximum absolute atomic E-state index is 10.7. The average Bonchev–Trinajstić information content (AvgIpc) is 2.32. The van der Waals surface area contributed by atoms with Gasteiger partial charge in [-0.15, -0.1) is 0 Å². The fraction of sp³-hybridized carbons (Fsp3) is 0.875. The summed E-state index contributed by atoms with van der Waals surface area (Å²) in [7, 11) is 0. The van der Waals surface area contributed by atoms with Gasteiger partial charge in [-0.2, -0.15) is 0 Å². The predicted octanol–water partition coefficient (Wildman–Crippen LogP) is -1.91. The zero-order valence-electron chi connectivity index (χ0n) is 7.83. The molecule has 0 aromatic heterocycles. The smallest absolute Gasteiger partial charge is 0.235 e. The van der Waals surface area contributed by atoms with Crippen LogP contribution in [0.3, 0.4) is 0 Å². The van der Waals surface area contributed by atoms with Crippen molar-refractivity contribution in [3.8, 4) is 0 Å². The Bertz CT molecular complexity index is 166. The molecule has 1 rings (SSSR count). The van der Waals surface area contributed by atoms with Crippen LogP contribution >= 0.6 is 0 Å². The minimum absolute atomic E-state index is 0.419. The molecule has 1 heterocycles. The van der Waals surface area contributed by atoms with Crippen LogP contribution < -0.4 is 16.8 Å². The van der Waals surface area contributed by atoms with Crippen molar-refractivity contribution in [2.45, 2.75) is 12.5 Å². The summed E-state index contributed by atoms with van der Waals surface area (Å²) < 4.78 is 0. The molecule has 0 aromatic rings. The molecule has 0 aliphatic carbocycles. The Labute approximate surface area is 78.4 Å².